The van der Waals surface area contributed by atoms with Crippen LogP contribution in [0, 0.1) is 0 Å². The second-order valence-electron chi connectivity index (χ2n) is 2.31. The van der Waals surface area contributed by atoms with Gasteiger partial charge in [0.15, 0.2) is 0 Å². The van der Waals surface area contributed by atoms with Crippen LogP contribution in [0.15, 0.2) is 16.1 Å². The summed E-state index contributed by atoms with van der Waals surface area (Å²) in [5.41, 5.74) is 2.83. The van der Waals surface area contributed by atoms with E-state index >= 15 is 0 Å². The topological polar surface area (TPSA) is 12.4 Å². The molecule has 0 amide bonds. The van der Waals surface area contributed by atoms with E-state index in [1.165, 1.54) is 11.1 Å². The molecule has 44 valence electrons. The Hall–Kier alpha value is -0.590. The molecule has 1 rings (SSSR count). The Labute approximate surface area is 50.1 Å². The molecule has 0 bridgehead atoms. The van der Waals surface area contributed by atoms with Gasteiger partial charge in [-0.1, -0.05) is 5.57 Å². The van der Waals surface area contributed by atoms with Crippen molar-refractivity contribution in [2.45, 2.75) is 20.3 Å². The fourth-order valence-corrected chi connectivity index (χ4v) is 0.803. The van der Waals surface area contributed by atoms with Crippen molar-refractivity contribution in [3.8, 4) is 0 Å². The first-order chi connectivity index (χ1) is 3.80. The highest BCUT2D eigenvalue weighted by Gasteiger charge is 1.99. The Morgan fingerprint density at radius 1 is 1.62 bits per heavy atom. The molecular weight excluding hydrogens is 98.1 g/mol. The number of allylic oxidation sites excluding steroid dienone is 1. The molecule has 0 saturated heterocycles. The Balaban J connectivity index is 2.73. The third kappa shape index (κ3) is 0.971. The van der Waals surface area contributed by atoms with Gasteiger partial charge in [0, 0.05) is 12.8 Å². The zero-order valence-electron chi connectivity index (χ0n) is 5.44. The first kappa shape index (κ1) is 5.54. The minimum Gasteiger partial charge on any atom is -0.293 e. The third-order valence-electron chi connectivity index (χ3n) is 1.40. The van der Waals surface area contributed by atoms with Crippen molar-refractivity contribution in [1.82, 2.24) is 0 Å². The standard InChI is InChI=1S/C7H11N/c1-6(2)7-3-4-8-5-7/h5H,3-4H2,1-2H3. The summed E-state index contributed by atoms with van der Waals surface area (Å²) in [5.74, 6) is 0. The van der Waals surface area contributed by atoms with Crippen LogP contribution >= 0.6 is 0 Å². The van der Waals surface area contributed by atoms with Crippen LogP contribution in [0.2, 0.25) is 0 Å². The van der Waals surface area contributed by atoms with Crippen LogP contribution in [0.4, 0.5) is 0 Å². The van der Waals surface area contributed by atoms with E-state index in [0.717, 1.165) is 13.0 Å². The average molecular weight is 109 g/mol. The molecule has 8 heavy (non-hydrogen) atoms. The molecule has 0 saturated carbocycles. The molecule has 1 heterocycles. The second-order valence-corrected chi connectivity index (χ2v) is 2.31. The summed E-state index contributed by atoms with van der Waals surface area (Å²) in [6.07, 6.45) is 3.14. The van der Waals surface area contributed by atoms with Gasteiger partial charge >= 0.3 is 0 Å². The normalized spacial score (nSPS) is 17.5. The van der Waals surface area contributed by atoms with Gasteiger partial charge in [-0.15, -0.1) is 0 Å². The van der Waals surface area contributed by atoms with Gasteiger partial charge < -0.3 is 0 Å². The smallest absolute Gasteiger partial charge is 0.0430 e. The van der Waals surface area contributed by atoms with E-state index in [4.69, 9.17) is 0 Å². The van der Waals surface area contributed by atoms with E-state index in [1.807, 2.05) is 6.21 Å². The van der Waals surface area contributed by atoms with Crippen LogP contribution in [-0.4, -0.2) is 12.8 Å². The maximum atomic E-state index is 4.10. The lowest BCUT2D eigenvalue weighted by Crippen LogP contribution is -1.80. The zero-order valence-corrected chi connectivity index (χ0v) is 5.44. The van der Waals surface area contributed by atoms with Crippen molar-refractivity contribution in [2.75, 3.05) is 6.54 Å². The highest BCUT2D eigenvalue weighted by molar-refractivity contribution is 5.81. The van der Waals surface area contributed by atoms with Crippen LogP contribution in [-0.2, 0) is 0 Å². The second kappa shape index (κ2) is 2.12. The van der Waals surface area contributed by atoms with Crippen LogP contribution in [0.25, 0.3) is 0 Å². The number of rotatable bonds is 0. The molecule has 0 N–H and O–H groups in total. The van der Waals surface area contributed by atoms with Gasteiger partial charge in [0.1, 0.15) is 0 Å². The number of aliphatic imine (C=N–C) groups is 1. The quantitative estimate of drug-likeness (QED) is 0.449. The van der Waals surface area contributed by atoms with Crippen LogP contribution in [0.5, 0.6) is 0 Å². The maximum Gasteiger partial charge on any atom is 0.0430 e. The fraction of sp³-hybridized carbons (Fsp3) is 0.571. The molecule has 1 aliphatic rings. The SMILES string of the molecule is CC(C)=C1C=NCC1. The summed E-state index contributed by atoms with van der Waals surface area (Å²) in [6, 6.07) is 0. The molecule has 1 heteroatoms. The lowest BCUT2D eigenvalue weighted by Gasteiger charge is -1.91. The van der Waals surface area contributed by atoms with Crippen molar-refractivity contribution >= 4 is 6.21 Å². The summed E-state index contributed by atoms with van der Waals surface area (Å²) in [6.45, 7) is 5.26. The predicted octanol–water partition coefficient (Wildman–Crippen LogP) is 1.80. The molecule has 0 aromatic heterocycles. The maximum absolute atomic E-state index is 4.10. The summed E-state index contributed by atoms with van der Waals surface area (Å²) < 4.78 is 0. The highest BCUT2D eigenvalue weighted by Crippen LogP contribution is 2.10. The van der Waals surface area contributed by atoms with Gasteiger partial charge in [0.25, 0.3) is 0 Å². The van der Waals surface area contributed by atoms with Crippen LogP contribution < -0.4 is 0 Å². The largest absolute Gasteiger partial charge is 0.293 e. The summed E-state index contributed by atoms with van der Waals surface area (Å²) in [4.78, 5) is 4.10. The first-order valence-electron chi connectivity index (χ1n) is 2.97. The van der Waals surface area contributed by atoms with Gasteiger partial charge in [-0.3, -0.25) is 4.99 Å². The van der Waals surface area contributed by atoms with E-state index in [9.17, 15) is 0 Å². The van der Waals surface area contributed by atoms with Gasteiger partial charge in [0.2, 0.25) is 0 Å². The number of nitrogens with zero attached hydrogens (tertiary/aromatic N) is 1. The Bertz CT molecular complexity index is 138. The van der Waals surface area contributed by atoms with Crippen molar-refractivity contribution in [2.24, 2.45) is 4.99 Å². The molecule has 0 unspecified atom stereocenters. The molecule has 0 fully saturated rings. The predicted molar refractivity (Wildman–Crippen MR) is 36.4 cm³/mol. The molecule has 0 radical (unpaired) electrons. The molecule has 0 spiro atoms. The Morgan fingerprint density at radius 2 is 2.38 bits per heavy atom. The summed E-state index contributed by atoms with van der Waals surface area (Å²) in [7, 11) is 0. The van der Waals surface area contributed by atoms with E-state index in [0.29, 0.717) is 0 Å². The van der Waals surface area contributed by atoms with E-state index in [-0.39, 0.29) is 0 Å². The summed E-state index contributed by atoms with van der Waals surface area (Å²) in [5, 5.41) is 0. The minimum absolute atomic E-state index is 1.00. The van der Waals surface area contributed by atoms with Crippen molar-refractivity contribution in [3.05, 3.63) is 11.1 Å². The lowest BCUT2D eigenvalue weighted by atomic mass is 10.1. The van der Waals surface area contributed by atoms with Crippen molar-refractivity contribution in [3.63, 3.8) is 0 Å². The van der Waals surface area contributed by atoms with Gasteiger partial charge in [-0.2, -0.15) is 0 Å². The molecule has 0 aromatic rings. The number of hydrogen-bond acceptors (Lipinski definition) is 1. The highest BCUT2D eigenvalue weighted by atomic mass is 14.7. The zero-order chi connectivity index (χ0) is 5.98. The Morgan fingerprint density at radius 3 is 2.62 bits per heavy atom. The monoisotopic (exact) mass is 109 g/mol. The number of hydrogen-bond donors (Lipinski definition) is 0. The molecular formula is C7H11N. The Kier molecular flexibility index (Phi) is 1.47. The molecule has 1 aliphatic heterocycles. The van der Waals surface area contributed by atoms with E-state index in [1.54, 1.807) is 0 Å². The van der Waals surface area contributed by atoms with Crippen molar-refractivity contribution < 1.29 is 0 Å². The van der Waals surface area contributed by atoms with Crippen molar-refractivity contribution in [1.29, 1.82) is 0 Å². The molecule has 0 aliphatic carbocycles. The minimum atomic E-state index is 1.00. The first-order valence-corrected chi connectivity index (χ1v) is 2.97. The van der Waals surface area contributed by atoms with Crippen LogP contribution in [0.3, 0.4) is 0 Å². The lowest BCUT2D eigenvalue weighted by molar-refractivity contribution is 1.03. The van der Waals surface area contributed by atoms with Gasteiger partial charge in [-0.05, 0) is 25.8 Å². The van der Waals surface area contributed by atoms with Gasteiger partial charge in [-0.25, -0.2) is 0 Å². The third-order valence-corrected chi connectivity index (χ3v) is 1.40. The summed E-state index contributed by atoms with van der Waals surface area (Å²) >= 11 is 0. The van der Waals surface area contributed by atoms with Crippen LogP contribution in [0.1, 0.15) is 20.3 Å². The molecule has 1 nitrogen and oxygen atoms in total. The molecule has 0 atom stereocenters. The fourth-order valence-electron chi connectivity index (χ4n) is 0.803. The van der Waals surface area contributed by atoms with Gasteiger partial charge in [0.05, 0.1) is 0 Å². The molecule has 0 aromatic carbocycles. The van der Waals surface area contributed by atoms with E-state index < -0.39 is 0 Å². The van der Waals surface area contributed by atoms with E-state index in [2.05, 4.69) is 18.8 Å². The average Bonchev–Trinajstić information content (AvgIpc) is 2.12.